The third kappa shape index (κ3) is 7.32. The second kappa shape index (κ2) is 11.3. The molecule has 4 heteroatoms. The molecule has 0 aliphatic rings. The molecule has 126 valence electrons. The molecule has 0 bridgehead atoms. The molecule has 22 heavy (non-hydrogen) atoms. The topological polar surface area (TPSA) is 23.5 Å². The molecule has 0 spiro atoms. The number of aliphatic hydroxyl groups is 1. The molecule has 0 saturated carbocycles. The van der Waals surface area contributed by atoms with Gasteiger partial charge < -0.3 is 10.0 Å². The van der Waals surface area contributed by atoms with Gasteiger partial charge in [0.05, 0.1) is 16.1 Å². The quantitative estimate of drug-likeness (QED) is 0.519. The molecule has 0 fully saturated rings. The van der Waals surface area contributed by atoms with E-state index in [1.807, 2.05) is 6.07 Å². The van der Waals surface area contributed by atoms with E-state index in [-0.39, 0.29) is 0 Å². The van der Waals surface area contributed by atoms with Crippen LogP contribution < -0.4 is 0 Å². The minimum atomic E-state index is -0.516. The van der Waals surface area contributed by atoms with Gasteiger partial charge in [0.15, 0.2) is 0 Å². The highest BCUT2D eigenvalue weighted by atomic mass is 35.5. The van der Waals surface area contributed by atoms with Crippen molar-refractivity contribution in [3.63, 3.8) is 0 Å². The van der Waals surface area contributed by atoms with E-state index in [0.717, 1.165) is 18.7 Å². The van der Waals surface area contributed by atoms with Crippen molar-refractivity contribution in [2.45, 2.75) is 58.5 Å². The summed E-state index contributed by atoms with van der Waals surface area (Å²) in [6.45, 7) is 7.19. The molecule has 1 rings (SSSR count). The van der Waals surface area contributed by atoms with Crippen molar-refractivity contribution in [1.29, 1.82) is 0 Å². The molecule has 1 aromatic carbocycles. The van der Waals surface area contributed by atoms with Crippen molar-refractivity contribution in [3.05, 3.63) is 33.8 Å². The Morgan fingerprint density at radius 2 is 1.55 bits per heavy atom. The highest BCUT2D eigenvalue weighted by molar-refractivity contribution is 6.42. The third-order valence-electron chi connectivity index (χ3n) is 3.92. The van der Waals surface area contributed by atoms with Gasteiger partial charge in [0.25, 0.3) is 0 Å². The highest BCUT2D eigenvalue weighted by Crippen LogP contribution is 2.26. The van der Waals surface area contributed by atoms with Crippen LogP contribution in [0.4, 0.5) is 0 Å². The summed E-state index contributed by atoms with van der Waals surface area (Å²) in [6, 6.07) is 5.38. The first-order valence-electron chi connectivity index (χ1n) is 8.43. The monoisotopic (exact) mass is 345 g/mol. The second-order valence-corrected chi connectivity index (χ2v) is 6.72. The highest BCUT2D eigenvalue weighted by Gasteiger charge is 2.14. The molecule has 0 aliphatic heterocycles. The van der Waals surface area contributed by atoms with Crippen LogP contribution in [0, 0.1) is 0 Å². The maximum atomic E-state index is 10.5. The third-order valence-corrected chi connectivity index (χ3v) is 4.65. The Labute approximate surface area is 145 Å². The first-order valence-corrected chi connectivity index (χ1v) is 9.19. The van der Waals surface area contributed by atoms with Crippen molar-refractivity contribution in [3.8, 4) is 0 Å². The summed E-state index contributed by atoms with van der Waals surface area (Å²) < 4.78 is 0. The molecule has 0 unspecified atom stereocenters. The molecular weight excluding hydrogens is 317 g/mol. The van der Waals surface area contributed by atoms with Crippen molar-refractivity contribution in [1.82, 2.24) is 4.90 Å². The van der Waals surface area contributed by atoms with E-state index in [1.165, 1.54) is 38.5 Å². The lowest BCUT2D eigenvalue weighted by Crippen LogP contribution is -2.30. The maximum Gasteiger partial charge on any atom is 0.0917 e. The summed E-state index contributed by atoms with van der Waals surface area (Å²) >= 11 is 12.0. The van der Waals surface area contributed by atoms with Gasteiger partial charge in [-0.15, -0.1) is 0 Å². The summed E-state index contributed by atoms with van der Waals surface area (Å²) in [6.07, 6.45) is 6.79. The molecule has 0 amide bonds. The minimum Gasteiger partial charge on any atom is -0.387 e. The summed E-state index contributed by atoms with van der Waals surface area (Å²) in [7, 11) is 0. The summed E-state index contributed by atoms with van der Waals surface area (Å²) in [5.74, 6) is 0. The summed E-state index contributed by atoms with van der Waals surface area (Å²) in [5.41, 5.74) is 0.838. The van der Waals surface area contributed by atoms with E-state index < -0.39 is 6.10 Å². The van der Waals surface area contributed by atoms with E-state index in [4.69, 9.17) is 23.2 Å². The lowest BCUT2D eigenvalue weighted by atomic mass is 10.1. The Morgan fingerprint density at radius 1 is 0.955 bits per heavy atom. The van der Waals surface area contributed by atoms with E-state index in [1.54, 1.807) is 12.1 Å². The maximum absolute atomic E-state index is 10.5. The zero-order chi connectivity index (χ0) is 16.4. The SMILES string of the molecule is CCCCCN(CCCCC)C[C@@H](O)c1ccc(Cl)c(Cl)c1. The van der Waals surface area contributed by atoms with Crippen LogP contribution in [0.2, 0.25) is 10.0 Å². The van der Waals surface area contributed by atoms with Crippen LogP contribution in [0.15, 0.2) is 18.2 Å². The number of halogens is 2. The first-order chi connectivity index (χ1) is 10.6. The molecule has 0 saturated heterocycles. The van der Waals surface area contributed by atoms with Crippen molar-refractivity contribution in [2.75, 3.05) is 19.6 Å². The van der Waals surface area contributed by atoms with Gasteiger partial charge in [0, 0.05) is 6.54 Å². The van der Waals surface area contributed by atoms with E-state index in [0.29, 0.717) is 16.6 Å². The fourth-order valence-electron chi connectivity index (χ4n) is 2.53. The number of hydrogen-bond acceptors (Lipinski definition) is 2. The largest absolute Gasteiger partial charge is 0.387 e. The zero-order valence-corrected chi connectivity index (χ0v) is 15.3. The Kier molecular flexibility index (Phi) is 10.1. The molecule has 0 aliphatic carbocycles. The minimum absolute atomic E-state index is 0.502. The van der Waals surface area contributed by atoms with Gasteiger partial charge in [-0.3, -0.25) is 0 Å². The van der Waals surface area contributed by atoms with E-state index in [2.05, 4.69) is 18.7 Å². The number of aliphatic hydroxyl groups excluding tert-OH is 1. The second-order valence-electron chi connectivity index (χ2n) is 5.90. The van der Waals surface area contributed by atoms with Crippen molar-refractivity contribution < 1.29 is 5.11 Å². The summed E-state index contributed by atoms with van der Waals surface area (Å²) in [4.78, 5) is 2.37. The zero-order valence-electron chi connectivity index (χ0n) is 13.8. The molecule has 1 N–H and O–H groups in total. The average Bonchev–Trinajstić information content (AvgIpc) is 2.50. The Balaban J connectivity index is 2.58. The normalized spacial score (nSPS) is 12.8. The first kappa shape index (κ1) is 19.8. The van der Waals surface area contributed by atoms with Gasteiger partial charge in [-0.05, 0) is 43.6 Å². The Morgan fingerprint density at radius 3 is 2.05 bits per heavy atom. The molecular formula is C18H29Cl2NO. The molecule has 0 radical (unpaired) electrons. The van der Waals surface area contributed by atoms with Crippen LogP contribution in [0.1, 0.15) is 64.0 Å². The van der Waals surface area contributed by atoms with Crippen LogP contribution in [-0.4, -0.2) is 29.6 Å². The lowest BCUT2D eigenvalue weighted by Gasteiger charge is -2.25. The average molecular weight is 346 g/mol. The van der Waals surface area contributed by atoms with Crippen LogP contribution in [0.25, 0.3) is 0 Å². The Bertz CT molecular complexity index is 416. The van der Waals surface area contributed by atoms with E-state index >= 15 is 0 Å². The van der Waals surface area contributed by atoms with Crippen LogP contribution >= 0.6 is 23.2 Å². The van der Waals surface area contributed by atoms with Gasteiger partial charge in [-0.2, -0.15) is 0 Å². The van der Waals surface area contributed by atoms with E-state index in [9.17, 15) is 5.11 Å². The number of unbranched alkanes of at least 4 members (excludes halogenated alkanes) is 4. The standard InChI is InChI=1S/C18H29Cl2NO/c1-3-5-7-11-21(12-8-6-4-2)14-18(22)15-9-10-16(19)17(20)13-15/h9-10,13,18,22H,3-8,11-12,14H2,1-2H3/t18-/m1/s1. The molecule has 1 atom stereocenters. The summed E-state index contributed by atoms with van der Waals surface area (Å²) in [5, 5.41) is 11.5. The van der Waals surface area contributed by atoms with Gasteiger partial charge in [-0.1, -0.05) is 68.8 Å². The molecule has 2 nitrogen and oxygen atoms in total. The number of rotatable bonds is 11. The smallest absolute Gasteiger partial charge is 0.0917 e. The number of nitrogens with zero attached hydrogens (tertiary/aromatic N) is 1. The lowest BCUT2D eigenvalue weighted by molar-refractivity contribution is 0.110. The van der Waals surface area contributed by atoms with Crippen LogP contribution in [0.5, 0.6) is 0 Å². The number of hydrogen-bond donors (Lipinski definition) is 1. The molecule has 0 aromatic heterocycles. The van der Waals surface area contributed by atoms with Gasteiger partial charge in [0.2, 0.25) is 0 Å². The van der Waals surface area contributed by atoms with Crippen molar-refractivity contribution in [2.24, 2.45) is 0 Å². The molecule has 1 aromatic rings. The van der Waals surface area contributed by atoms with Gasteiger partial charge in [0.1, 0.15) is 0 Å². The van der Waals surface area contributed by atoms with Gasteiger partial charge >= 0.3 is 0 Å². The van der Waals surface area contributed by atoms with Crippen LogP contribution in [-0.2, 0) is 0 Å². The van der Waals surface area contributed by atoms with Crippen molar-refractivity contribution >= 4 is 23.2 Å². The predicted molar refractivity (Wildman–Crippen MR) is 96.9 cm³/mol. The fourth-order valence-corrected chi connectivity index (χ4v) is 2.84. The predicted octanol–water partition coefficient (Wildman–Crippen LogP) is 5.71. The van der Waals surface area contributed by atoms with Gasteiger partial charge in [-0.25, -0.2) is 0 Å². The van der Waals surface area contributed by atoms with Crippen LogP contribution in [0.3, 0.4) is 0 Å². The molecule has 0 heterocycles. The fraction of sp³-hybridized carbons (Fsp3) is 0.667. The number of benzene rings is 1. The Hall–Kier alpha value is -0.280.